The fourth-order valence-electron chi connectivity index (χ4n) is 2.58. The Morgan fingerprint density at radius 1 is 0.692 bits per heavy atom. The van der Waals surface area contributed by atoms with E-state index in [1.807, 2.05) is 0 Å². The Hall–Kier alpha value is -0.290. The van der Waals surface area contributed by atoms with Gasteiger partial charge in [0.1, 0.15) is 0 Å². The predicted octanol–water partition coefficient (Wildman–Crippen LogP) is 1.09. The number of hydrogen-bond donors (Lipinski definition) is 0. The monoisotopic (exact) mass is 398 g/mol. The van der Waals surface area contributed by atoms with Gasteiger partial charge >= 0.3 is 0 Å². The van der Waals surface area contributed by atoms with Crippen LogP contribution in [-0.4, -0.2) is 87.3 Å². The summed E-state index contributed by atoms with van der Waals surface area (Å²) in [7, 11) is -3.39. The van der Waals surface area contributed by atoms with Crippen LogP contribution in [0.3, 0.4) is 0 Å². The largest absolute Gasteiger partial charge is 0.379 e. The molecule has 0 aromatic heterocycles. The van der Waals surface area contributed by atoms with Crippen molar-refractivity contribution in [2.24, 2.45) is 11.8 Å². The molecular weight excluding hydrogens is 364 g/mol. The van der Waals surface area contributed by atoms with Crippen LogP contribution in [0.4, 0.5) is 0 Å². The Balaban J connectivity index is 1.66. The second-order valence-corrected chi connectivity index (χ2v) is 8.14. The molecule has 0 aliphatic heterocycles. The summed E-state index contributed by atoms with van der Waals surface area (Å²) in [6.45, 7) is 7.48. The van der Waals surface area contributed by atoms with Crippen LogP contribution in [0.2, 0.25) is 0 Å². The highest BCUT2D eigenvalue weighted by Gasteiger charge is 2.24. The lowest BCUT2D eigenvalue weighted by molar-refractivity contribution is -0.0199. The highest BCUT2D eigenvalue weighted by atomic mass is 32.2. The maximum atomic E-state index is 10.7. The van der Waals surface area contributed by atoms with Crippen LogP contribution in [0.1, 0.15) is 19.8 Å². The molecule has 0 aromatic carbocycles. The number of ether oxygens (including phenoxy) is 5. The summed E-state index contributed by atoms with van der Waals surface area (Å²) in [6, 6.07) is 0. The van der Waals surface area contributed by atoms with Gasteiger partial charge in [-0.25, -0.2) is 0 Å². The van der Waals surface area contributed by atoms with Gasteiger partial charge in [-0.2, -0.15) is 8.42 Å². The summed E-state index contributed by atoms with van der Waals surface area (Å²) >= 11 is 0. The molecule has 1 aliphatic rings. The number of rotatable bonds is 18. The van der Waals surface area contributed by atoms with E-state index in [0.29, 0.717) is 52.9 Å². The van der Waals surface area contributed by atoms with Gasteiger partial charge in [-0.1, -0.05) is 6.92 Å². The summed E-state index contributed by atoms with van der Waals surface area (Å²) in [5, 5.41) is 0. The van der Waals surface area contributed by atoms with Crippen molar-refractivity contribution in [3.8, 4) is 0 Å². The SMILES string of the molecule is CC1CC(COCCOCCOCCOCCOCCOS(C)(=O)=O)C1. The van der Waals surface area contributed by atoms with Crippen molar-refractivity contribution in [3.63, 3.8) is 0 Å². The summed E-state index contributed by atoms with van der Waals surface area (Å²) in [6.07, 6.45) is 3.59. The molecule has 0 N–H and O–H groups in total. The number of hydrogen-bond acceptors (Lipinski definition) is 8. The van der Waals surface area contributed by atoms with Crippen molar-refractivity contribution in [2.45, 2.75) is 19.8 Å². The third-order valence-corrected chi connectivity index (χ3v) is 4.43. The summed E-state index contributed by atoms with van der Waals surface area (Å²) in [5.41, 5.74) is 0. The molecule has 0 saturated heterocycles. The van der Waals surface area contributed by atoms with E-state index in [1.165, 1.54) is 12.8 Å². The molecule has 1 rings (SSSR count). The lowest BCUT2D eigenvalue weighted by Gasteiger charge is -2.32. The van der Waals surface area contributed by atoms with Gasteiger partial charge in [0.2, 0.25) is 0 Å². The quantitative estimate of drug-likeness (QED) is 0.250. The van der Waals surface area contributed by atoms with Crippen LogP contribution in [-0.2, 0) is 38.0 Å². The van der Waals surface area contributed by atoms with Crippen molar-refractivity contribution in [1.29, 1.82) is 0 Å². The normalized spacial score (nSPS) is 20.2. The molecule has 0 bridgehead atoms. The highest BCUT2D eigenvalue weighted by Crippen LogP contribution is 2.32. The van der Waals surface area contributed by atoms with Crippen LogP contribution >= 0.6 is 0 Å². The highest BCUT2D eigenvalue weighted by molar-refractivity contribution is 7.85. The van der Waals surface area contributed by atoms with Gasteiger partial charge in [-0.3, -0.25) is 4.18 Å². The van der Waals surface area contributed by atoms with Crippen molar-refractivity contribution < 1.29 is 36.3 Å². The van der Waals surface area contributed by atoms with E-state index in [1.54, 1.807) is 0 Å². The van der Waals surface area contributed by atoms with Gasteiger partial charge in [-0.05, 0) is 24.7 Å². The van der Waals surface area contributed by atoms with Crippen LogP contribution in [0.15, 0.2) is 0 Å². The summed E-state index contributed by atoms with van der Waals surface area (Å²) in [5.74, 6) is 1.62. The standard InChI is InChI=1S/C17H34O8S/c1-16-13-17(14-16)15-24-10-9-22-6-5-20-3-4-21-7-8-23-11-12-25-26(2,18)19/h16-17H,3-15H2,1-2H3. The van der Waals surface area contributed by atoms with Crippen LogP contribution in [0, 0.1) is 11.8 Å². The summed E-state index contributed by atoms with van der Waals surface area (Å²) < 4.78 is 52.8. The Bertz CT molecular complexity index is 422. The van der Waals surface area contributed by atoms with Crippen molar-refractivity contribution in [3.05, 3.63) is 0 Å². The second kappa shape index (κ2) is 14.7. The molecule has 1 aliphatic carbocycles. The Kier molecular flexibility index (Phi) is 13.5. The first-order valence-electron chi connectivity index (χ1n) is 9.20. The third kappa shape index (κ3) is 14.8. The second-order valence-electron chi connectivity index (χ2n) is 6.49. The molecule has 156 valence electrons. The van der Waals surface area contributed by atoms with E-state index in [9.17, 15) is 8.42 Å². The molecule has 1 fully saturated rings. The molecular formula is C17H34O8S. The molecule has 0 unspecified atom stereocenters. The molecule has 8 nitrogen and oxygen atoms in total. The van der Waals surface area contributed by atoms with Gasteiger partial charge < -0.3 is 23.7 Å². The topological polar surface area (TPSA) is 89.5 Å². The van der Waals surface area contributed by atoms with Gasteiger partial charge in [-0.15, -0.1) is 0 Å². The Labute approximate surface area is 157 Å². The maximum absolute atomic E-state index is 10.7. The molecule has 9 heteroatoms. The minimum atomic E-state index is -3.39. The minimum Gasteiger partial charge on any atom is -0.379 e. The molecule has 0 aromatic rings. The van der Waals surface area contributed by atoms with E-state index in [-0.39, 0.29) is 13.2 Å². The first-order valence-corrected chi connectivity index (χ1v) is 11.0. The van der Waals surface area contributed by atoms with Crippen LogP contribution < -0.4 is 0 Å². The van der Waals surface area contributed by atoms with Crippen molar-refractivity contribution >= 4 is 10.1 Å². The van der Waals surface area contributed by atoms with Crippen LogP contribution in [0.5, 0.6) is 0 Å². The predicted molar refractivity (Wildman–Crippen MR) is 96.8 cm³/mol. The molecule has 1 saturated carbocycles. The molecule has 0 radical (unpaired) electrons. The van der Waals surface area contributed by atoms with Gasteiger partial charge in [0, 0.05) is 6.61 Å². The first kappa shape index (κ1) is 23.7. The zero-order valence-electron chi connectivity index (χ0n) is 16.0. The van der Waals surface area contributed by atoms with E-state index in [4.69, 9.17) is 23.7 Å². The molecule has 0 heterocycles. The Morgan fingerprint density at radius 3 is 1.46 bits per heavy atom. The van der Waals surface area contributed by atoms with Gasteiger partial charge in [0.05, 0.1) is 72.3 Å². The van der Waals surface area contributed by atoms with Gasteiger partial charge in [0.15, 0.2) is 0 Å². The zero-order chi connectivity index (χ0) is 19.1. The lowest BCUT2D eigenvalue weighted by Crippen LogP contribution is -2.26. The smallest absolute Gasteiger partial charge is 0.264 e. The molecule has 0 amide bonds. The first-order chi connectivity index (χ1) is 12.5. The fourth-order valence-corrected chi connectivity index (χ4v) is 2.95. The molecule has 26 heavy (non-hydrogen) atoms. The minimum absolute atomic E-state index is 0.0206. The van der Waals surface area contributed by atoms with E-state index < -0.39 is 10.1 Å². The van der Waals surface area contributed by atoms with Crippen LogP contribution in [0.25, 0.3) is 0 Å². The third-order valence-electron chi connectivity index (χ3n) is 3.84. The van der Waals surface area contributed by atoms with E-state index in [0.717, 1.165) is 24.7 Å². The lowest BCUT2D eigenvalue weighted by atomic mass is 9.77. The fraction of sp³-hybridized carbons (Fsp3) is 1.00. The molecule has 0 atom stereocenters. The zero-order valence-corrected chi connectivity index (χ0v) is 16.8. The molecule has 0 spiro atoms. The summed E-state index contributed by atoms with van der Waals surface area (Å²) in [4.78, 5) is 0. The van der Waals surface area contributed by atoms with Crippen molar-refractivity contribution in [2.75, 3.05) is 78.9 Å². The average Bonchev–Trinajstić information content (AvgIpc) is 2.54. The van der Waals surface area contributed by atoms with Gasteiger partial charge in [0.25, 0.3) is 10.1 Å². The van der Waals surface area contributed by atoms with Crippen molar-refractivity contribution in [1.82, 2.24) is 0 Å². The average molecular weight is 399 g/mol. The van der Waals surface area contributed by atoms with E-state index >= 15 is 0 Å². The van der Waals surface area contributed by atoms with E-state index in [2.05, 4.69) is 11.1 Å². The maximum Gasteiger partial charge on any atom is 0.264 e. The Morgan fingerprint density at radius 2 is 1.08 bits per heavy atom.